The highest BCUT2D eigenvalue weighted by atomic mass is 16.5. The molecule has 1 N–H and O–H groups in total. The summed E-state index contributed by atoms with van der Waals surface area (Å²) in [5.74, 6) is 1.15. The van der Waals surface area contributed by atoms with Crippen molar-refractivity contribution in [1.82, 2.24) is 0 Å². The van der Waals surface area contributed by atoms with Crippen LogP contribution in [0.5, 0.6) is 5.75 Å². The predicted octanol–water partition coefficient (Wildman–Crippen LogP) is 5.75. The highest BCUT2D eigenvalue weighted by molar-refractivity contribution is 5.87. The lowest BCUT2D eigenvalue weighted by molar-refractivity contribution is -0.158. The lowest BCUT2D eigenvalue weighted by Crippen LogP contribution is -2.50. The van der Waals surface area contributed by atoms with Crippen molar-refractivity contribution >= 4 is 12.0 Å². The number of rotatable bonds is 4. The van der Waals surface area contributed by atoms with Crippen LogP contribution >= 0.6 is 0 Å². The van der Waals surface area contributed by atoms with Gasteiger partial charge < -0.3 is 9.84 Å². The van der Waals surface area contributed by atoms with Crippen LogP contribution < -0.4 is 0 Å². The van der Waals surface area contributed by atoms with Gasteiger partial charge in [-0.25, -0.2) is 4.79 Å². The molecule has 0 radical (unpaired) electrons. The first-order chi connectivity index (χ1) is 12.8. The average Bonchev–Trinajstić information content (AvgIpc) is 2.60. The molecule has 146 valence electrons. The van der Waals surface area contributed by atoms with Gasteiger partial charge >= 0.3 is 5.97 Å². The molecule has 1 aromatic carbocycles. The maximum atomic E-state index is 12.6. The number of aromatic hydroxyl groups is 1. The largest absolute Gasteiger partial charge is 0.508 e. The Labute approximate surface area is 163 Å². The van der Waals surface area contributed by atoms with Crippen LogP contribution in [-0.4, -0.2) is 17.2 Å². The van der Waals surface area contributed by atoms with E-state index >= 15 is 0 Å². The normalized spacial score (nSPS) is 30.9. The Balaban J connectivity index is 1.79. The molecule has 2 aliphatic rings. The smallest absolute Gasteiger partial charge is 0.331 e. The molecule has 2 aliphatic carbocycles. The van der Waals surface area contributed by atoms with Gasteiger partial charge in [0.2, 0.25) is 0 Å². The van der Waals surface area contributed by atoms with E-state index in [2.05, 4.69) is 33.8 Å². The van der Waals surface area contributed by atoms with Crippen molar-refractivity contribution in [2.45, 2.75) is 59.5 Å². The van der Waals surface area contributed by atoms with Gasteiger partial charge in [-0.15, -0.1) is 0 Å². The third-order valence-corrected chi connectivity index (χ3v) is 6.64. The number of phenols is 1. The summed E-state index contributed by atoms with van der Waals surface area (Å²) in [4.78, 5) is 12.6. The number of carbonyl (C=O) groups excluding carboxylic acids is 1. The molecule has 0 saturated heterocycles. The summed E-state index contributed by atoms with van der Waals surface area (Å²) in [5, 5.41) is 9.37. The van der Waals surface area contributed by atoms with E-state index in [-0.39, 0.29) is 23.2 Å². The van der Waals surface area contributed by atoms with Gasteiger partial charge in [0.05, 0.1) is 0 Å². The molecule has 0 bridgehead atoms. The summed E-state index contributed by atoms with van der Waals surface area (Å²) in [6.45, 7) is 9.06. The van der Waals surface area contributed by atoms with Crippen LogP contribution in [0.15, 0.2) is 42.0 Å². The molecule has 1 fully saturated rings. The van der Waals surface area contributed by atoms with E-state index in [0.29, 0.717) is 17.8 Å². The SMILES string of the molecule is CC1=CCC[C@]2(C)CC[C@@H](C(C)C)[C@H](OC(=O)/C=C/c3ccc(O)cc3)[C@@H]12. The minimum absolute atomic E-state index is 0.0581. The molecule has 0 heterocycles. The predicted molar refractivity (Wildman–Crippen MR) is 109 cm³/mol. The number of ether oxygens (including phenoxy) is 1. The van der Waals surface area contributed by atoms with Crippen LogP contribution in [0.1, 0.15) is 58.9 Å². The second-order valence-electron chi connectivity index (χ2n) is 8.89. The Morgan fingerprint density at radius 3 is 2.63 bits per heavy atom. The first-order valence-electron chi connectivity index (χ1n) is 10.1. The second-order valence-corrected chi connectivity index (χ2v) is 8.89. The fourth-order valence-electron chi connectivity index (χ4n) is 5.10. The van der Waals surface area contributed by atoms with Crippen molar-refractivity contribution in [3.63, 3.8) is 0 Å². The van der Waals surface area contributed by atoms with E-state index < -0.39 is 0 Å². The van der Waals surface area contributed by atoms with E-state index in [4.69, 9.17) is 4.74 Å². The van der Waals surface area contributed by atoms with Crippen molar-refractivity contribution in [3.05, 3.63) is 47.6 Å². The zero-order valence-electron chi connectivity index (χ0n) is 16.9. The molecule has 0 aromatic heterocycles. The summed E-state index contributed by atoms with van der Waals surface area (Å²) in [5.41, 5.74) is 2.48. The van der Waals surface area contributed by atoms with Crippen LogP contribution in [0.3, 0.4) is 0 Å². The number of hydrogen-bond donors (Lipinski definition) is 1. The first-order valence-corrected chi connectivity index (χ1v) is 10.1. The molecule has 0 spiro atoms. The van der Waals surface area contributed by atoms with Crippen molar-refractivity contribution < 1.29 is 14.6 Å². The Kier molecular flexibility index (Phi) is 5.78. The summed E-state index contributed by atoms with van der Waals surface area (Å²) >= 11 is 0. The third kappa shape index (κ3) is 4.28. The van der Waals surface area contributed by atoms with Crippen molar-refractivity contribution in [1.29, 1.82) is 0 Å². The molecule has 3 heteroatoms. The standard InChI is InChI=1S/C24H32O3/c1-16(2)20-13-15-24(4)14-5-6-17(3)22(24)23(20)27-21(26)12-9-18-7-10-19(25)11-8-18/h6-12,16,20,22-23,25H,5,13-15H2,1-4H3/b12-9+/t20-,22+,23-,24+/m0/s1. The number of hydrogen-bond acceptors (Lipinski definition) is 3. The molecule has 3 rings (SSSR count). The monoisotopic (exact) mass is 368 g/mol. The number of allylic oxidation sites excluding steroid dienone is 1. The van der Waals surface area contributed by atoms with E-state index in [9.17, 15) is 9.90 Å². The van der Waals surface area contributed by atoms with Crippen LogP contribution in [-0.2, 0) is 9.53 Å². The van der Waals surface area contributed by atoms with Gasteiger partial charge in [0, 0.05) is 12.0 Å². The lowest BCUT2D eigenvalue weighted by atomic mass is 9.55. The molecule has 1 aromatic rings. The number of carbonyl (C=O) groups is 1. The minimum Gasteiger partial charge on any atom is -0.508 e. The highest BCUT2D eigenvalue weighted by Crippen LogP contribution is 2.54. The highest BCUT2D eigenvalue weighted by Gasteiger charge is 2.50. The molecule has 4 atom stereocenters. The van der Waals surface area contributed by atoms with Crippen LogP contribution in [0, 0.1) is 23.2 Å². The molecule has 27 heavy (non-hydrogen) atoms. The number of fused-ring (bicyclic) bond motifs is 1. The molecular formula is C24H32O3. The van der Waals surface area contributed by atoms with Gasteiger partial charge in [-0.3, -0.25) is 0 Å². The molecule has 0 unspecified atom stereocenters. The molecular weight excluding hydrogens is 336 g/mol. The van der Waals surface area contributed by atoms with Crippen LogP contribution in [0.2, 0.25) is 0 Å². The van der Waals surface area contributed by atoms with Crippen molar-refractivity contribution in [2.24, 2.45) is 23.2 Å². The van der Waals surface area contributed by atoms with Crippen molar-refractivity contribution in [2.75, 3.05) is 0 Å². The van der Waals surface area contributed by atoms with Gasteiger partial charge in [0.15, 0.2) is 0 Å². The van der Waals surface area contributed by atoms with E-state index in [1.165, 1.54) is 24.5 Å². The Morgan fingerprint density at radius 2 is 1.96 bits per heavy atom. The molecule has 1 saturated carbocycles. The van der Waals surface area contributed by atoms with Gasteiger partial charge in [-0.05, 0) is 73.6 Å². The summed E-state index contributed by atoms with van der Waals surface area (Å²) in [6.07, 6.45) is 10.2. The average molecular weight is 369 g/mol. The topological polar surface area (TPSA) is 46.5 Å². The quantitative estimate of drug-likeness (QED) is 0.418. The maximum Gasteiger partial charge on any atom is 0.331 e. The molecule has 3 nitrogen and oxygen atoms in total. The number of benzene rings is 1. The zero-order chi connectivity index (χ0) is 19.6. The van der Waals surface area contributed by atoms with Gasteiger partial charge in [0.1, 0.15) is 11.9 Å². The summed E-state index contributed by atoms with van der Waals surface area (Å²) in [6, 6.07) is 6.79. The maximum absolute atomic E-state index is 12.6. The number of esters is 1. The van der Waals surface area contributed by atoms with Crippen LogP contribution in [0.4, 0.5) is 0 Å². The Bertz CT molecular complexity index is 728. The van der Waals surface area contributed by atoms with Crippen LogP contribution in [0.25, 0.3) is 6.08 Å². The first kappa shape index (κ1) is 19.7. The summed E-state index contributed by atoms with van der Waals surface area (Å²) in [7, 11) is 0. The fourth-order valence-corrected chi connectivity index (χ4v) is 5.10. The number of phenolic OH excluding ortho intramolecular Hbond substituents is 1. The van der Waals surface area contributed by atoms with Crippen molar-refractivity contribution in [3.8, 4) is 5.75 Å². The van der Waals surface area contributed by atoms with Gasteiger partial charge in [0.25, 0.3) is 0 Å². The van der Waals surface area contributed by atoms with E-state index in [1.54, 1.807) is 30.3 Å². The van der Waals surface area contributed by atoms with Gasteiger partial charge in [-0.1, -0.05) is 44.6 Å². The fraction of sp³-hybridized carbons (Fsp3) is 0.542. The minimum atomic E-state index is -0.277. The third-order valence-electron chi connectivity index (χ3n) is 6.64. The second kappa shape index (κ2) is 7.92. The Morgan fingerprint density at radius 1 is 1.26 bits per heavy atom. The Hall–Kier alpha value is -2.03. The molecule has 0 aliphatic heterocycles. The van der Waals surface area contributed by atoms with E-state index in [1.807, 2.05) is 0 Å². The zero-order valence-corrected chi connectivity index (χ0v) is 16.9. The molecule has 0 amide bonds. The van der Waals surface area contributed by atoms with Gasteiger partial charge in [-0.2, -0.15) is 0 Å². The van der Waals surface area contributed by atoms with E-state index in [0.717, 1.165) is 18.4 Å². The summed E-state index contributed by atoms with van der Waals surface area (Å²) < 4.78 is 6.10. The lowest BCUT2D eigenvalue weighted by Gasteiger charge is -2.52.